The fourth-order valence-corrected chi connectivity index (χ4v) is 2.93. The Morgan fingerprint density at radius 1 is 1.07 bits per heavy atom. The van der Waals surface area contributed by atoms with Gasteiger partial charge < -0.3 is 18.9 Å². The van der Waals surface area contributed by atoms with Crippen molar-refractivity contribution < 1.29 is 36.9 Å². The van der Waals surface area contributed by atoms with Crippen LogP contribution < -0.4 is 9.47 Å². The van der Waals surface area contributed by atoms with Gasteiger partial charge in [0.15, 0.2) is 11.5 Å². The third kappa shape index (κ3) is 4.32. The monoisotopic (exact) mass is 396 g/mol. The van der Waals surface area contributed by atoms with E-state index in [4.69, 9.17) is 14.2 Å². The van der Waals surface area contributed by atoms with Crippen LogP contribution in [0.4, 0.5) is 18.0 Å². The van der Waals surface area contributed by atoms with Crippen LogP contribution in [0.1, 0.15) is 25.0 Å². The average molecular weight is 396 g/mol. The number of carbonyl (C=O) groups is 1. The highest BCUT2D eigenvalue weighted by molar-refractivity contribution is 5.72. The lowest BCUT2D eigenvalue weighted by molar-refractivity contribution is -0.137. The van der Waals surface area contributed by atoms with E-state index in [-0.39, 0.29) is 6.61 Å². The van der Waals surface area contributed by atoms with Crippen molar-refractivity contribution in [2.75, 3.05) is 13.7 Å². The molecule has 1 aliphatic rings. The molecule has 2 aromatic rings. The highest BCUT2D eigenvalue weighted by Gasteiger charge is 2.33. The molecule has 0 spiro atoms. The maximum atomic E-state index is 12.8. The van der Waals surface area contributed by atoms with E-state index < -0.39 is 23.7 Å². The zero-order valence-corrected chi connectivity index (χ0v) is 15.6. The molecule has 3 rings (SSSR count). The molecule has 150 valence electrons. The lowest BCUT2D eigenvalue weighted by Crippen LogP contribution is -2.29. The molecular formula is C20H19F3O5. The maximum Gasteiger partial charge on any atom is 0.507 e. The number of benzene rings is 2. The molecule has 0 unspecified atom stereocenters. The molecule has 0 saturated carbocycles. The van der Waals surface area contributed by atoms with Crippen LogP contribution >= 0.6 is 0 Å². The summed E-state index contributed by atoms with van der Waals surface area (Å²) in [4.78, 5) is 11.2. The van der Waals surface area contributed by atoms with Crippen molar-refractivity contribution >= 4 is 6.16 Å². The Labute approximate surface area is 160 Å². The second-order valence-electron chi connectivity index (χ2n) is 6.69. The third-order valence-corrected chi connectivity index (χ3v) is 4.16. The van der Waals surface area contributed by atoms with Crippen molar-refractivity contribution in [2.24, 2.45) is 0 Å². The minimum absolute atomic E-state index is 0.0450. The highest BCUT2D eigenvalue weighted by atomic mass is 19.4. The zero-order valence-electron chi connectivity index (χ0n) is 15.6. The van der Waals surface area contributed by atoms with Crippen LogP contribution in [0.25, 0.3) is 11.1 Å². The van der Waals surface area contributed by atoms with Crippen molar-refractivity contribution in [2.45, 2.75) is 32.2 Å². The van der Waals surface area contributed by atoms with Gasteiger partial charge in [-0.1, -0.05) is 12.1 Å². The molecule has 28 heavy (non-hydrogen) atoms. The number of halogens is 3. The molecule has 0 aliphatic carbocycles. The third-order valence-electron chi connectivity index (χ3n) is 4.16. The molecule has 1 aliphatic heterocycles. The summed E-state index contributed by atoms with van der Waals surface area (Å²) in [5.41, 5.74) is 1.26. The maximum absolute atomic E-state index is 12.8. The molecule has 0 radical (unpaired) electrons. The van der Waals surface area contributed by atoms with Crippen LogP contribution in [0.5, 0.6) is 11.5 Å². The quantitative estimate of drug-likeness (QED) is 0.665. The Hall–Kier alpha value is -2.90. The van der Waals surface area contributed by atoms with Gasteiger partial charge in [-0.15, -0.1) is 0 Å². The van der Waals surface area contributed by atoms with Gasteiger partial charge >= 0.3 is 12.3 Å². The fraction of sp³-hybridized carbons (Fsp3) is 0.350. The summed E-state index contributed by atoms with van der Waals surface area (Å²) >= 11 is 0. The van der Waals surface area contributed by atoms with E-state index in [1.807, 2.05) is 0 Å². The van der Waals surface area contributed by atoms with E-state index in [1.165, 1.54) is 19.2 Å². The van der Waals surface area contributed by atoms with Crippen molar-refractivity contribution in [1.29, 1.82) is 0 Å². The minimum Gasteiger partial charge on any atom is -0.449 e. The molecule has 0 atom stereocenters. The van der Waals surface area contributed by atoms with E-state index in [1.54, 1.807) is 26.0 Å². The number of carbonyl (C=O) groups excluding carboxylic acids is 1. The number of hydrogen-bond acceptors (Lipinski definition) is 5. The fourth-order valence-electron chi connectivity index (χ4n) is 2.93. The number of hydrogen-bond donors (Lipinski definition) is 0. The van der Waals surface area contributed by atoms with E-state index in [0.717, 1.165) is 17.7 Å². The van der Waals surface area contributed by atoms with Crippen LogP contribution in [-0.2, 0) is 22.1 Å². The summed E-state index contributed by atoms with van der Waals surface area (Å²) in [5, 5.41) is 0. The molecule has 0 amide bonds. The average Bonchev–Trinajstić information content (AvgIpc) is 2.93. The minimum atomic E-state index is -4.41. The van der Waals surface area contributed by atoms with Gasteiger partial charge in [-0.3, -0.25) is 0 Å². The molecule has 0 N–H and O–H groups in total. The first-order valence-corrected chi connectivity index (χ1v) is 8.52. The Balaban J connectivity index is 1.95. The second kappa shape index (κ2) is 7.26. The predicted molar refractivity (Wildman–Crippen MR) is 94.3 cm³/mol. The number of methoxy groups -OCH3 is 1. The first-order chi connectivity index (χ1) is 13.1. The number of alkyl halides is 3. The topological polar surface area (TPSA) is 54.0 Å². The van der Waals surface area contributed by atoms with Crippen molar-refractivity contribution in [3.63, 3.8) is 0 Å². The predicted octanol–water partition coefficient (Wildman–Crippen LogP) is 5.21. The number of fused-ring (bicyclic) bond motifs is 1. The van der Waals surface area contributed by atoms with Gasteiger partial charge in [0, 0.05) is 20.3 Å². The molecule has 0 bridgehead atoms. The van der Waals surface area contributed by atoms with Gasteiger partial charge in [-0.25, -0.2) is 4.79 Å². The van der Waals surface area contributed by atoms with Gasteiger partial charge in [0.2, 0.25) is 5.79 Å². The lowest BCUT2D eigenvalue weighted by Gasteiger charge is -2.16. The summed E-state index contributed by atoms with van der Waals surface area (Å²) in [6.07, 6.45) is -4.89. The smallest absolute Gasteiger partial charge is 0.449 e. The zero-order chi connectivity index (χ0) is 20.5. The molecule has 8 heteroatoms. The van der Waals surface area contributed by atoms with Crippen molar-refractivity contribution in [3.05, 3.63) is 47.5 Å². The van der Waals surface area contributed by atoms with Crippen LogP contribution in [-0.4, -0.2) is 25.7 Å². The Morgan fingerprint density at radius 3 is 2.25 bits per heavy atom. The molecule has 0 saturated heterocycles. The second-order valence-corrected chi connectivity index (χ2v) is 6.69. The molecular weight excluding hydrogens is 377 g/mol. The molecule has 2 aromatic carbocycles. The Bertz CT molecular complexity index is 873. The SMILES string of the molecule is COC(=O)OCCc1cc2c(cc1-c1ccc(C(F)(F)F)cc1)OC(C)(C)O2. The standard InChI is InChI=1S/C20H19F3O5/c1-19(2)27-16-10-13(8-9-26-18(24)25-3)15(11-17(16)28-19)12-4-6-14(7-5-12)20(21,22)23/h4-7,10-11H,8-9H2,1-3H3. The van der Waals surface area contributed by atoms with Crippen molar-refractivity contribution in [3.8, 4) is 22.6 Å². The normalized spacial score (nSPS) is 14.6. The van der Waals surface area contributed by atoms with E-state index in [9.17, 15) is 18.0 Å². The summed E-state index contributed by atoms with van der Waals surface area (Å²) in [6.45, 7) is 3.55. The van der Waals surface area contributed by atoms with Crippen LogP contribution in [0.2, 0.25) is 0 Å². The summed E-state index contributed by atoms with van der Waals surface area (Å²) in [5.74, 6) is 0.173. The van der Waals surface area contributed by atoms with Gasteiger partial charge in [-0.2, -0.15) is 13.2 Å². The van der Waals surface area contributed by atoms with Crippen LogP contribution in [0.3, 0.4) is 0 Å². The molecule has 0 aromatic heterocycles. The summed E-state index contributed by atoms with van der Waals surface area (Å²) in [6, 6.07) is 8.32. The van der Waals surface area contributed by atoms with Gasteiger partial charge in [0.05, 0.1) is 19.3 Å². The first kappa shape index (κ1) is 19.9. The largest absolute Gasteiger partial charge is 0.507 e. The molecule has 5 nitrogen and oxygen atoms in total. The van der Waals surface area contributed by atoms with Crippen LogP contribution in [0, 0.1) is 0 Å². The lowest BCUT2D eigenvalue weighted by atomic mass is 9.96. The van der Waals surface area contributed by atoms with Crippen LogP contribution in [0.15, 0.2) is 36.4 Å². The summed E-state index contributed by atoms with van der Waals surface area (Å²) in [7, 11) is 1.21. The van der Waals surface area contributed by atoms with Gasteiger partial charge in [0.25, 0.3) is 0 Å². The van der Waals surface area contributed by atoms with E-state index in [2.05, 4.69) is 4.74 Å². The molecule has 1 heterocycles. The number of ether oxygens (including phenoxy) is 4. The number of rotatable bonds is 4. The van der Waals surface area contributed by atoms with Gasteiger partial charge in [0.1, 0.15) is 0 Å². The van der Waals surface area contributed by atoms with Gasteiger partial charge in [-0.05, 0) is 41.0 Å². The Kier molecular flexibility index (Phi) is 5.14. The Morgan fingerprint density at radius 2 is 1.68 bits per heavy atom. The van der Waals surface area contributed by atoms with Crippen molar-refractivity contribution in [1.82, 2.24) is 0 Å². The van der Waals surface area contributed by atoms with E-state index in [0.29, 0.717) is 29.0 Å². The van der Waals surface area contributed by atoms with E-state index >= 15 is 0 Å². The first-order valence-electron chi connectivity index (χ1n) is 8.52. The summed E-state index contributed by atoms with van der Waals surface area (Å²) < 4.78 is 59.4. The highest BCUT2D eigenvalue weighted by Crippen LogP contribution is 2.44. The molecule has 0 fully saturated rings.